The lowest BCUT2D eigenvalue weighted by Crippen LogP contribution is -2.37. The average molecular weight is 467 g/mol. The second-order valence-corrected chi connectivity index (χ2v) is 7.24. The number of fused-ring (bicyclic) bond motifs is 1. The number of benzene rings is 1. The van der Waals surface area contributed by atoms with E-state index in [4.69, 9.17) is 16.2 Å². The van der Waals surface area contributed by atoms with Gasteiger partial charge in [0.25, 0.3) is 0 Å². The summed E-state index contributed by atoms with van der Waals surface area (Å²) < 4.78 is 21.2. The molecule has 1 aliphatic heterocycles. The maximum Gasteiger partial charge on any atom is 0.184 e. The topological polar surface area (TPSA) is 121 Å². The summed E-state index contributed by atoms with van der Waals surface area (Å²) in [5.74, 6) is 0.565. The molecule has 0 atom stereocenters. The molecule has 0 aliphatic carbocycles. The van der Waals surface area contributed by atoms with Crippen molar-refractivity contribution in [1.82, 2.24) is 24.7 Å². The van der Waals surface area contributed by atoms with Gasteiger partial charge in [-0.15, -0.1) is 0 Å². The molecule has 4 N–H and O–H groups in total. The lowest BCUT2D eigenvalue weighted by molar-refractivity contribution is 0.123. The van der Waals surface area contributed by atoms with Crippen LogP contribution in [-0.4, -0.2) is 51.0 Å². The first-order valence-electron chi connectivity index (χ1n) is 10.9. The Labute approximate surface area is 198 Å². The molecular weight excluding hydrogens is 435 g/mol. The van der Waals surface area contributed by atoms with Crippen molar-refractivity contribution in [1.29, 1.82) is 0 Å². The Kier molecular flexibility index (Phi) is 7.95. The Morgan fingerprint density at radius 3 is 2.35 bits per heavy atom. The minimum absolute atomic E-state index is 0. The van der Waals surface area contributed by atoms with Crippen molar-refractivity contribution in [2.75, 3.05) is 42.7 Å². The Hall–Kier alpha value is -3.79. The number of halogens is 1. The number of morpholine rings is 1. The summed E-state index contributed by atoms with van der Waals surface area (Å²) in [5, 5.41) is 5.37. The van der Waals surface area contributed by atoms with Crippen molar-refractivity contribution in [2.45, 2.75) is 27.8 Å². The lowest BCUT2D eigenvalue weighted by atomic mass is 10.2. The lowest BCUT2D eigenvalue weighted by Gasteiger charge is -2.29. The van der Waals surface area contributed by atoms with Crippen LogP contribution in [0.4, 0.5) is 21.7 Å². The molecule has 34 heavy (non-hydrogen) atoms. The number of pyridine rings is 1. The fraction of sp³-hybridized carbons (Fsp3) is 0.333. The van der Waals surface area contributed by atoms with Gasteiger partial charge in [-0.1, -0.05) is 39.5 Å². The van der Waals surface area contributed by atoms with Crippen LogP contribution in [0.3, 0.4) is 0 Å². The van der Waals surface area contributed by atoms with Gasteiger partial charge in [-0.05, 0) is 18.2 Å². The molecule has 0 bridgehead atoms. The number of nitrogens with zero attached hydrogens (tertiary/aromatic N) is 6. The van der Waals surface area contributed by atoms with Crippen molar-refractivity contribution in [3.05, 3.63) is 54.0 Å². The molecule has 3 aromatic heterocycles. The van der Waals surface area contributed by atoms with Crippen LogP contribution in [-0.2, 0) is 11.3 Å². The molecule has 9 nitrogen and oxygen atoms in total. The zero-order valence-electron chi connectivity index (χ0n) is 18.7. The van der Waals surface area contributed by atoms with Crippen LogP contribution in [0.5, 0.6) is 0 Å². The van der Waals surface area contributed by atoms with Crippen molar-refractivity contribution in [3.63, 3.8) is 0 Å². The fourth-order valence-electron chi connectivity index (χ4n) is 3.78. The number of hydrogen-bond acceptors (Lipinski definition) is 8. The van der Waals surface area contributed by atoms with Gasteiger partial charge in [0.15, 0.2) is 23.1 Å². The predicted molar refractivity (Wildman–Crippen MR) is 134 cm³/mol. The van der Waals surface area contributed by atoms with E-state index in [2.05, 4.69) is 20.1 Å². The Morgan fingerprint density at radius 1 is 1.00 bits per heavy atom. The smallest absolute Gasteiger partial charge is 0.184 e. The molecule has 0 radical (unpaired) electrons. The van der Waals surface area contributed by atoms with E-state index in [0.29, 0.717) is 54.7 Å². The molecule has 0 saturated carbocycles. The van der Waals surface area contributed by atoms with Crippen molar-refractivity contribution < 1.29 is 9.13 Å². The molecule has 4 heterocycles. The molecule has 0 unspecified atom stereocenters. The second kappa shape index (κ2) is 10.9. The molecule has 1 aliphatic rings. The van der Waals surface area contributed by atoms with Crippen LogP contribution in [0, 0.1) is 5.82 Å². The standard InChI is InChI=1S/C21H21FN8O.C2H6.CH4/c22-15-6-2-1-4-13(15)12-30-21-14(5-3-7-25-21)16(28-30)20-26-18(23)17(19(24)27-20)29-8-10-31-11-9-29;1-2;/h1-7H,8-12H2,(H4,23,24,26,27);1-2H3;1H4. The fourth-order valence-corrected chi connectivity index (χ4v) is 3.78. The van der Waals surface area contributed by atoms with Gasteiger partial charge in [0.2, 0.25) is 0 Å². The van der Waals surface area contributed by atoms with Crippen LogP contribution in [0.25, 0.3) is 22.6 Å². The van der Waals surface area contributed by atoms with Crippen molar-refractivity contribution in [2.24, 2.45) is 0 Å². The first-order chi connectivity index (χ1) is 16.1. The number of ether oxygens (including phenoxy) is 1. The maximum atomic E-state index is 14.2. The van der Waals surface area contributed by atoms with Crippen LogP contribution >= 0.6 is 0 Å². The second-order valence-electron chi connectivity index (χ2n) is 7.24. The van der Waals surface area contributed by atoms with E-state index in [1.165, 1.54) is 6.07 Å². The van der Waals surface area contributed by atoms with Crippen LogP contribution in [0.15, 0.2) is 42.6 Å². The number of nitrogens with two attached hydrogens (primary N) is 2. The van der Waals surface area contributed by atoms with E-state index < -0.39 is 0 Å². The third kappa shape index (κ3) is 4.76. The first kappa shape index (κ1) is 24.8. The van der Waals surface area contributed by atoms with Crippen LogP contribution in [0.2, 0.25) is 0 Å². The molecule has 5 rings (SSSR count). The quantitative estimate of drug-likeness (QED) is 0.467. The highest BCUT2D eigenvalue weighted by Crippen LogP contribution is 2.32. The molecule has 180 valence electrons. The summed E-state index contributed by atoms with van der Waals surface area (Å²) in [7, 11) is 0. The van der Waals surface area contributed by atoms with Gasteiger partial charge in [-0.3, -0.25) is 0 Å². The van der Waals surface area contributed by atoms with E-state index in [0.717, 1.165) is 5.39 Å². The zero-order valence-corrected chi connectivity index (χ0v) is 18.7. The van der Waals surface area contributed by atoms with Gasteiger partial charge in [-0.25, -0.2) is 24.0 Å². The van der Waals surface area contributed by atoms with Gasteiger partial charge in [-0.2, -0.15) is 5.10 Å². The Bertz CT molecular complexity index is 1230. The normalized spacial score (nSPS) is 13.2. The molecule has 0 spiro atoms. The summed E-state index contributed by atoms with van der Waals surface area (Å²) in [6.07, 6.45) is 1.66. The molecule has 4 aromatic rings. The highest BCUT2D eigenvalue weighted by Gasteiger charge is 2.23. The van der Waals surface area contributed by atoms with E-state index in [1.54, 1.807) is 35.1 Å². The highest BCUT2D eigenvalue weighted by molar-refractivity contribution is 5.90. The van der Waals surface area contributed by atoms with Crippen molar-refractivity contribution in [3.8, 4) is 11.5 Å². The monoisotopic (exact) mass is 466 g/mol. The number of aromatic nitrogens is 5. The van der Waals surface area contributed by atoms with Crippen LogP contribution < -0.4 is 16.4 Å². The van der Waals surface area contributed by atoms with Gasteiger partial charge < -0.3 is 21.1 Å². The average Bonchev–Trinajstić information content (AvgIpc) is 3.21. The SMILES string of the molecule is C.CC.Nc1nc(-c2nn(Cc3ccccc3F)c3ncccc23)nc(N)c1N1CCOCC1. The number of anilines is 3. The third-order valence-electron chi connectivity index (χ3n) is 5.26. The summed E-state index contributed by atoms with van der Waals surface area (Å²) in [6.45, 7) is 6.74. The predicted octanol–water partition coefficient (Wildman–Crippen LogP) is 3.74. The summed E-state index contributed by atoms with van der Waals surface area (Å²) in [6, 6.07) is 10.2. The van der Waals surface area contributed by atoms with Gasteiger partial charge >= 0.3 is 0 Å². The van der Waals surface area contributed by atoms with Gasteiger partial charge in [0.1, 0.15) is 17.2 Å². The highest BCUT2D eigenvalue weighted by atomic mass is 19.1. The maximum absolute atomic E-state index is 14.2. The number of nitrogen functional groups attached to an aromatic ring is 2. The Balaban J connectivity index is 0.00000105. The van der Waals surface area contributed by atoms with Crippen LogP contribution in [0.1, 0.15) is 26.8 Å². The van der Waals surface area contributed by atoms with E-state index >= 15 is 0 Å². The molecule has 1 fully saturated rings. The summed E-state index contributed by atoms with van der Waals surface area (Å²) in [4.78, 5) is 15.4. The molecule has 1 aromatic carbocycles. The van der Waals surface area contributed by atoms with E-state index in [9.17, 15) is 4.39 Å². The first-order valence-corrected chi connectivity index (χ1v) is 10.9. The third-order valence-corrected chi connectivity index (χ3v) is 5.26. The zero-order chi connectivity index (χ0) is 23.4. The van der Waals surface area contributed by atoms with E-state index in [1.807, 2.05) is 24.8 Å². The number of rotatable bonds is 4. The van der Waals surface area contributed by atoms with E-state index in [-0.39, 0.29) is 31.4 Å². The van der Waals surface area contributed by atoms with Crippen molar-refractivity contribution >= 4 is 28.4 Å². The summed E-state index contributed by atoms with van der Waals surface area (Å²) >= 11 is 0. The largest absolute Gasteiger partial charge is 0.382 e. The summed E-state index contributed by atoms with van der Waals surface area (Å²) in [5.41, 5.74) is 14.7. The molecule has 1 saturated heterocycles. The minimum atomic E-state index is -0.303. The molecule has 10 heteroatoms. The minimum Gasteiger partial charge on any atom is -0.382 e. The van der Waals surface area contributed by atoms with Gasteiger partial charge in [0, 0.05) is 24.8 Å². The Morgan fingerprint density at radius 2 is 1.68 bits per heavy atom. The molecule has 0 amide bonds. The molecular formula is C24H31FN8O. The number of hydrogen-bond donors (Lipinski definition) is 2. The van der Waals surface area contributed by atoms with Gasteiger partial charge in [0.05, 0.1) is 25.1 Å².